The first kappa shape index (κ1) is 31.7. The van der Waals surface area contributed by atoms with Gasteiger partial charge in [-0.3, -0.25) is 9.59 Å². The van der Waals surface area contributed by atoms with Gasteiger partial charge in [0.2, 0.25) is 5.91 Å². The number of rotatable bonds is 8. The molecule has 0 unspecified atom stereocenters. The minimum Gasteiger partial charge on any atom is -0.392 e. The molecule has 2 aliphatic rings. The number of benzene rings is 3. The SMILES string of the molecule is C[C@H]1[C@@H](Cn2cnc3ccccc32)O[C@@H](c2ccc(CNC(=O)[C@@H]3CCCN3C(=O)C(F)(F)F)cc2)O[C@H]1c1ccc(CO)cc1. The average molecular weight is 637 g/mol. The van der Waals surface area contributed by atoms with Gasteiger partial charge in [0.25, 0.3) is 0 Å². The normalized spacial score (nSPS) is 23.5. The summed E-state index contributed by atoms with van der Waals surface area (Å²) < 4.78 is 54.1. The summed E-state index contributed by atoms with van der Waals surface area (Å²) >= 11 is 0. The highest BCUT2D eigenvalue weighted by atomic mass is 19.4. The van der Waals surface area contributed by atoms with Crippen LogP contribution >= 0.6 is 0 Å². The molecule has 0 saturated carbocycles. The van der Waals surface area contributed by atoms with Crippen LogP contribution in [0.5, 0.6) is 0 Å². The Morgan fingerprint density at radius 1 is 0.978 bits per heavy atom. The second kappa shape index (κ2) is 13.2. The summed E-state index contributed by atoms with van der Waals surface area (Å²) in [6, 6.07) is 21.7. The van der Waals surface area contributed by atoms with E-state index in [1.54, 1.807) is 12.1 Å². The number of hydrogen-bond donors (Lipinski definition) is 2. The van der Waals surface area contributed by atoms with E-state index in [-0.39, 0.29) is 44.2 Å². The Bertz CT molecular complexity index is 1670. The van der Waals surface area contributed by atoms with Gasteiger partial charge in [-0.2, -0.15) is 13.2 Å². The maximum atomic E-state index is 13.0. The van der Waals surface area contributed by atoms with Crippen molar-refractivity contribution in [3.05, 3.63) is 101 Å². The van der Waals surface area contributed by atoms with Crippen LogP contribution in [0.3, 0.4) is 0 Å². The number of para-hydroxylation sites is 2. The van der Waals surface area contributed by atoms with Crippen molar-refractivity contribution in [2.75, 3.05) is 6.54 Å². The second-order valence-corrected chi connectivity index (χ2v) is 11.8. The molecule has 0 bridgehead atoms. The summed E-state index contributed by atoms with van der Waals surface area (Å²) in [4.78, 5) is 29.6. The van der Waals surface area contributed by atoms with E-state index < -0.39 is 30.3 Å². The first-order valence-corrected chi connectivity index (χ1v) is 15.3. The van der Waals surface area contributed by atoms with Crippen LogP contribution in [0, 0.1) is 5.92 Å². The summed E-state index contributed by atoms with van der Waals surface area (Å²) in [6.45, 7) is 2.57. The third kappa shape index (κ3) is 6.64. The average Bonchev–Trinajstić information content (AvgIpc) is 3.72. The zero-order valence-corrected chi connectivity index (χ0v) is 25.2. The molecule has 1 aromatic heterocycles. The van der Waals surface area contributed by atoms with Crippen molar-refractivity contribution >= 4 is 22.8 Å². The number of halogens is 3. The molecule has 9 nitrogen and oxygen atoms in total. The molecular formula is C34H35F3N4O5. The topological polar surface area (TPSA) is 106 Å². The van der Waals surface area contributed by atoms with E-state index in [2.05, 4.69) is 21.8 Å². The summed E-state index contributed by atoms with van der Waals surface area (Å²) in [5.74, 6) is -2.64. The summed E-state index contributed by atoms with van der Waals surface area (Å²) in [6.07, 6.45) is -3.95. The monoisotopic (exact) mass is 636 g/mol. The van der Waals surface area contributed by atoms with Crippen LogP contribution in [0.2, 0.25) is 0 Å². The van der Waals surface area contributed by atoms with E-state index in [9.17, 15) is 27.9 Å². The Labute approximate surface area is 263 Å². The van der Waals surface area contributed by atoms with Gasteiger partial charge in [0.1, 0.15) is 6.04 Å². The van der Waals surface area contributed by atoms with Crippen molar-refractivity contribution in [2.45, 2.75) is 70.2 Å². The zero-order chi connectivity index (χ0) is 32.4. The van der Waals surface area contributed by atoms with Gasteiger partial charge >= 0.3 is 12.1 Å². The van der Waals surface area contributed by atoms with Gasteiger partial charge in [-0.15, -0.1) is 0 Å². The van der Waals surface area contributed by atoms with Crippen LogP contribution in [-0.4, -0.2) is 56.2 Å². The number of aromatic nitrogens is 2. The Hall–Kier alpha value is -4.26. The molecule has 3 heterocycles. The number of carbonyl (C=O) groups excluding carboxylic acids is 2. The molecule has 242 valence electrons. The zero-order valence-electron chi connectivity index (χ0n) is 25.2. The Morgan fingerprint density at radius 2 is 1.67 bits per heavy atom. The number of nitrogens with zero attached hydrogens (tertiary/aromatic N) is 3. The smallest absolute Gasteiger partial charge is 0.392 e. The molecular weight excluding hydrogens is 601 g/mol. The van der Waals surface area contributed by atoms with E-state index in [4.69, 9.17) is 9.47 Å². The first-order valence-electron chi connectivity index (χ1n) is 15.3. The lowest BCUT2D eigenvalue weighted by Gasteiger charge is -2.41. The van der Waals surface area contributed by atoms with Crippen LogP contribution in [0.25, 0.3) is 11.0 Å². The molecule has 0 radical (unpaired) electrons. The van der Waals surface area contributed by atoms with Crippen molar-refractivity contribution in [1.29, 1.82) is 0 Å². The second-order valence-electron chi connectivity index (χ2n) is 11.8. The highest BCUT2D eigenvalue weighted by Crippen LogP contribution is 2.42. The number of likely N-dealkylation sites (tertiary alicyclic amines) is 1. The van der Waals surface area contributed by atoms with Crippen LogP contribution in [-0.2, 0) is 38.8 Å². The Kier molecular flexibility index (Phi) is 9.12. The summed E-state index contributed by atoms with van der Waals surface area (Å²) in [7, 11) is 0. The summed E-state index contributed by atoms with van der Waals surface area (Å²) in [5, 5.41) is 12.2. The molecule has 12 heteroatoms. The number of aliphatic hydroxyl groups is 1. The van der Waals surface area contributed by atoms with Gasteiger partial charge in [0.05, 0.1) is 42.7 Å². The molecule has 2 N–H and O–H groups in total. The standard InChI is InChI=1S/C34H35F3N4O5/c1-21-29(18-40-20-39-26-5-2-3-6-27(26)40)45-32(46-30(21)24-12-10-23(19-42)11-13-24)25-14-8-22(9-15-25)17-38-31(43)28-7-4-16-41(28)33(44)34(35,36)37/h2-3,5-6,8-15,20-21,28-30,32,42H,4,7,16-19H2,1H3,(H,38,43)/t21-,28-,29+,30+,32+/m0/s1. The number of imidazole rings is 1. The molecule has 4 aromatic rings. The minimum absolute atomic E-state index is 0.0359. The van der Waals surface area contributed by atoms with Crippen molar-refractivity contribution in [3.63, 3.8) is 0 Å². The lowest BCUT2D eigenvalue weighted by atomic mass is 9.90. The fourth-order valence-electron chi connectivity index (χ4n) is 6.22. The molecule has 2 aliphatic heterocycles. The molecule has 2 amide bonds. The lowest BCUT2D eigenvalue weighted by molar-refractivity contribution is -0.276. The van der Waals surface area contributed by atoms with E-state index in [1.165, 1.54) is 0 Å². The van der Waals surface area contributed by atoms with E-state index >= 15 is 0 Å². The highest BCUT2D eigenvalue weighted by Gasteiger charge is 2.47. The number of amides is 2. The third-order valence-electron chi connectivity index (χ3n) is 8.80. The molecule has 5 atom stereocenters. The molecule has 2 saturated heterocycles. The number of ether oxygens (including phenoxy) is 2. The maximum absolute atomic E-state index is 13.0. The van der Waals surface area contributed by atoms with Crippen LogP contribution in [0.15, 0.2) is 79.1 Å². The van der Waals surface area contributed by atoms with Crippen molar-refractivity contribution < 1.29 is 37.3 Å². The predicted molar refractivity (Wildman–Crippen MR) is 162 cm³/mol. The molecule has 2 fully saturated rings. The van der Waals surface area contributed by atoms with Gasteiger partial charge in [-0.1, -0.05) is 67.6 Å². The summed E-state index contributed by atoms with van der Waals surface area (Å²) in [5.41, 5.74) is 5.15. The van der Waals surface area contributed by atoms with Crippen molar-refractivity contribution in [1.82, 2.24) is 19.8 Å². The van der Waals surface area contributed by atoms with Crippen molar-refractivity contribution in [3.8, 4) is 0 Å². The number of fused-ring (bicyclic) bond motifs is 1. The van der Waals surface area contributed by atoms with Gasteiger partial charge in [0.15, 0.2) is 6.29 Å². The van der Waals surface area contributed by atoms with Gasteiger partial charge < -0.3 is 29.4 Å². The molecule has 0 spiro atoms. The van der Waals surface area contributed by atoms with Gasteiger partial charge in [-0.25, -0.2) is 4.98 Å². The molecule has 6 rings (SSSR count). The minimum atomic E-state index is -5.02. The Morgan fingerprint density at radius 3 is 2.39 bits per heavy atom. The lowest BCUT2D eigenvalue weighted by Crippen LogP contribution is -2.50. The van der Waals surface area contributed by atoms with Crippen LogP contribution in [0.4, 0.5) is 13.2 Å². The van der Waals surface area contributed by atoms with E-state index in [0.29, 0.717) is 17.9 Å². The van der Waals surface area contributed by atoms with Crippen LogP contribution in [0.1, 0.15) is 54.4 Å². The van der Waals surface area contributed by atoms with Crippen molar-refractivity contribution in [2.24, 2.45) is 5.92 Å². The number of nitrogens with one attached hydrogen (secondary N) is 1. The number of alkyl halides is 3. The predicted octanol–water partition coefficient (Wildman–Crippen LogP) is 5.19. The number of hydrogen-bond acceptors (Lipinski definition) is 6. The fourth-order valence-corrected chi connectivity index (χ4v) is 6.22. The highest BCUT2D eigenvalue weighted by molar-refractivity contribution is 5.90. The van der Waals surface area contributed by atoms with E-state index in [0.717, 1.165) is 33.3 Å². The maximum Gasteiger partial charge on any atom is 0.471 e. The van der Waals surface area contributed by atoms with Gasteiger partial charge in [0, 0.05) is 24.6 Å². The number of aliphatic hydroxyl groups excluding tert-OH is 1. The molecule has 46 heavy (non-hydrogen) atoms. The Balaban J connectivity index is 1.17. The largest absolute Gasteiger partial charge is 0.471 e. The van der Waals surface area contributed by atoms with Crippen LogP contribution < -0.4 is 5.32 Å². The molecule has 3 aromatic carbocycles. The fraction of sp³-hybridized carbons (Fsp3) is 0.382. The third-order valence-corrected chi connectivity index (χ3v) is 8.80. The molecule has 0 aliphatic carbocycles. The first-order chi connectivity index (χ1) is 22.1. The number of carbonyl (C=O) groups is 2. The van der Waals surface area contributed by atoms with E-state index in [1.807, 2.05) is 67.0 Å². The quantitative estimate of drug-likeness (QED) is 0.276. The van der Waals surface area contributed by atoms with Gasteiger partial charge in [-0.05, 0) is 41.7 Å².